The first-order chi connectivity index (χ1) is 14.6. The molecule has 1 unspecified atom stereocenters. The molecule has 4 rings (SSSR count). The van der Waals surface area contributed by atoms with E-state index in [4.69, 9.17) is 10.1 Å². The highest BCUT2D eigenvalue weighted by molar-refractivity contribution is 6.06. The Labute approximate surface area is 174 Å². The summed E-state index contributed by atoms with van der Waals surface area (Å²) >= 11 is 0. The van der Waals surface area contributed by atoms with Gasteiger partial charge in [-0.05, 0) is 41.5 Å². The van der Waals surface area contributed by atoms with Crippen molar-refractivity contribution in [1.29, 1.82) is 5.41 Å². The van der Waals surface area contributed by atoms with Crippen molar-refractivity contribution in [2.24, 2.45) is 0 Å². The second-order valence-electron chi connectivity index (χ2n) is 7.00. The van der Waals surface area contributed by atoms with Gasteiger partial charge in [-0.2, -0.15) is 0 Å². The van der Waals surface area contributed by atoms with Gasteiger partial charge >= 0.3 is 0 Å². The van der Waals surface area contributed by atoms with E-state index in [2.05, 4.69) is 10.6 Å². The molecule has 3 aromatic carbocycles. The normalized spacial score (nSPS) is 13.4. The molecular weight excluding hydrogens is 378 g/mol. The molecule has 1 aliphatic rings. The van der Waals surface area contributed by atoms with E-state index in [0.29, 0.717) is 28.3 Å². The molecule has 30 heavy (non-hydrogen) atoms. The first-order valence-corrected chi connectivity index (χ1v) is 9.65. The lowest BCUT2D eigenvalue weighted by Gasteiger charge is -2.22. The molecule has 3 aromatic rings. The van der Waals surface area contributed by atoms with Gasteiger partial charge in [-0.25, -0.2) is 0 Å². The third-order valence-corrected chi connectivity index (χ3v) is 4.98. The molecule has 0 saturated carbocycles. The Morgan fingerprint density at radius 1 is 1.00 bits per heavy atom. The number of fused-ring (bicyclic) bond motifs is 1. The second kappa shape index (κ2) is 8.61. The third-order valence-electron chi connectivity index (χ3n) is 4.98. The molecule has 3 N–H and O–H groups in total. The van der Waals surface area contributed by atoms with E-state index in [0.717, 1.165) is 5.56 Å². The quantitative estimate of drug-likeness (QED) is 0.553. The number of ether oxygens (including phenoxy) is 1. The van der Waals surface area contributed by atoms with E-state index in [-0.39, 0.29) is 30.9 Å². The van der Waals surface area contributed by atoms with Gasteiger partial charge in [0.25, 0.3) is 11.8 Å². The van der Waals surface area contributed by atoms with E-state index in [9.17, 15) is 9.59 Å². The van der Waals surface area contributed by atoms with Gasteiger partial charge < -0.3 is 20.8 Å². The zero-order valence-corrected chi connectivity index (χ0v) is 16.2. The molecule has 0 fully saturated rings. The summed E-state index contributed by atoms with van der Waals surface area (Å²) in [6.07, 6.45) is 0. The van der Waals surface area contributed by atoms with Gasteiger partial charge in [-0.3, -0.25) is 9.59 Å². The highest BCUT2D eigenvalue weighted by Crippen LogP contribution is 2.30. The average Bonchev–Trinajstić information content (AvgIpc) is 2.79. The largest absolute Gasteiger partial charge is 0.482 e. The lowest BCUT2D eigenvalue weighted by atomic mass is 9.89. The minimum absolute atomic E-state index is 0.0120. The minimum Gasteiger partial charge on any atom is -0.482 e. The predicted octanol–water partition coefficient (Wildman–Crippen LogP) is 3.60. The van der Waals surface area contributed by atoms with Gasteiger partial charge in [-0.15, -0.1) is 0 Å². The van der Waals surface area contributed by atoms with Crippen molar-refractivity contribution in [2.75, 3.05) is 18.5 Å². The maximum absolute atomic E-state index is 12.5. The van der Waals surface area contributed by atoms with Crippen molar-refractivity contribution < 1.29 is 14.3 Å². The van der Waals surface area contributed by atoms with E-state index in [1.807, 2.05) is 48.5 Å². The van der Waals surface area contributed by atoms with Gasteiger partial charge in [-0.1, -0.05) is 48.5 Å². The molecule has 0 spiro atoms. The lowest BCUT2D eigenvalue weighted by Crippen LogP contribution is -2.32. The van der Waals surface area contributed by atoms with E-state index < -0.39 is 0 Å². The van der Waals surface area contributed by atoms with Crippen LogP contribution >= 0.6 is 0 Å². The molecule has 0 aromatic heterocycles. The third kappa shape index (κ3) is 4.22. The van der Waals surface area contributed by atoms with Crippen LogP contribution in [0.25, 0.3) is 0 Å². The first kappa shape index (κ1) is 19.4. The highest BCUT2D eigenvalue weighted by atomic mass is 16.5. The molecule has 0 bridgehead atoms. The smallest absolute Gasteiger partial charge is 0.262 e. The summed E-state index contributed by atoms with van der Waals surface area (Å²) in [4.78, 5) is 24.2. The Hall–Kier alpha value is -3.93. The number of amides is 2. The number of carbonyl (C=O) groups excluding carboxylic acids is 2. The summed E-state index contributed by atoms with van der Waals surface area (Å²) in [5, 5.41) is 14.6. The van der Waals surface area contributed by atoms with Crippen LogP contribution in [-0.4, -0.2) is 30.7 Å². The van der Waals surface area contributed by atoms with Gasteiger partial charge in [0, 0.05) is 23.7 Å². The van der Waals surface area contributed by atoms with Crippen LogP contribution in [0.2, 0.25) is 0 Å². The van der Waals surface area contributed by atoms with Crippen LogP contribution in [0.4, 0.5) is 5.69 Å². The van der Waals surface area contributed by atoms with Crippen molar-refractivity contribution in [3.8, 4) is 5.75 Å². The molecule has 0 aliphatic carbocycles. The molecule has 0 radical (unpaired) electrons. The monoisotopic (exact) mass is 399 g/mol. The van der Waals surface area contributed by atoms with Crippen molar-refractivity contribution in [3.05, 3.63) is 95.6 Å². The number of hydrogen-bond donors (Lipinski definition) is 3. The molecule has 0 saturated heterocycles. The summed E-state index contributed by atoms with van der Waals surface area (Å²) in [6, 6.07) is 23.9. The van der Waals surface area contributed by atoms with Crippen LogP contribution < -0.4 is 15.4 Å². The van der Waals surface area contributed by atoms with Crippen LogP contribution in [0.3, 0.4) is 0 Å². The first-order valence-electron chi connectivity index (χ1n) is 9.65. The molecular formula is C24H21N3O3. The van der Waals surface area contributed by atoms with Crippen LogP contribution in [0, 0.1) is 5.41 Å². The Kier molecular flexibility index (Phi) is 5.57. The Bertz CT molecular complexity index is 1080. The predicted molar refractivity (Wildman–Crippen MR) is 115 cm³/mol. The molecule has 1 heterocycles. The van der Waals surface area contributed by atoms with Gasteiger partial charge in [0.2, 0.25) is 0 Å². The Morgan fingerprint density at radius 2 is 1.70 bits per heavy atom. The number of rotatable bonds is 6. The Balaban J connectivity index is 1.58. The van der Waals surface area contributed by atoms with E-state index in [1.165, 1.54) is 0 Å². The maximum Gasteiger partial charge on any atom is 0.262 e. The molecule has 2 amide bonds. The molecule has 6 nitrogen and oxygen atoms in total. The molecule has 1 atom stereocenters. The van der Waals surface area contributed by atoms with Crippen molar-refractivity contribution in [1.82, 2.24) is 5.32 Å². The Morgan fingerprint density at radius 3 is 2.43 bits per heavy atom. The summed E-state index contributed by atoms with van der Waals surface area (Å²) in [5.41, 5.74) is 3.05. The fourth-order valence-electron chi connectivity index (χ4n) is 3.41. The van der Waals surface area contributed by atoms with Crippen molar-refractivity contribution >= 4 is 23.2 Å². The fourth-order valence-corrected chi connectivity index (χ4v) is 3.41. The topological polar surface area (TPSA) is 91.3 Å². The number of anilines is 1. The summed E-state index contributed by atoms with van der Waals surface area (Å²) in [5.74, 6) is -0.173. The van der Waals surface area contributed by atoms with Crippen LogP contribution in [0.1, 0.15) is 27.4 Å². The average molecular weight is 399 g/mol. The molecule has 150 valence electrons. The zero-order chi connectivity index (χ0) is 20.9. The number of carbonyl (C=O) groups is 2. The van der Waals surface area contributed by atoms with Crippen LogP contribution in [-0.2, 0) is 4.79 Å². The standard InChI is InChI=1S/C24H21N3O3/c25-23(18-11-12-21-20(13-18)27-22(28)15-30-21)19(16-7-3-1-4-8-16)14-26-24(29)17-9-5-2-6-10-17/h1-13,19,25H,14-15H2,(H,26,29)(H,27,28). The van der Waals surface area contributed by atoms with Crippen LogP contribution in [0.15, 0.2) is 78.9 Å². The van der Waals surface area contributed by atoms with E-state index >= 15 is 0 Å². The minimum atomic E-state index is -0.350. The molecule has 1 aliphatic heterocycles. The summed E-state index contributed by atoms with van der Waals surface area (Å²) in [7, 11) is 0. The zero-order valence-electron chi connectivity index (χ0n) is 16.2. The number of hydrogen-bond acceptors (Lipinski definition) is 4. The second-order valence-corrected chi connectivity index (χ2v) is 7.00. The number of nitrogens with one attached hydrogen (secondary N) is 3. The van der Waals surface area contributed by atoms with Gasteiger partial charge in [0.1, 0.15) is 5.75 Å². The lowest BCUT2D eigenvalue weighted by molar-refractivity contribution is -0.118. The number of benzene rings is 3. The fraction of sp³-hybridized carbons (Fsp3) is 0.125. The van der Waals surface area contributed by atoms with Crippen LogP contribution in [0.5, 0.6) is 5.75 Å². The maximum atomic E-state index is 12.5. The SMILES string of the molecule is N=C(c1ccc2c(c1)NC(=O)CO2)C(CNC(=O)c1ccccc1)c1ccccc1. The van der Waals surface area contributed by atoms with Gasteiger partial charge in [0.15, 0.2) is 6.61 Å². The summed E-state index contributed by atoms with van der Waals surface area (Å²) < 4.78 is 5.40. The molecule has 6 heteroatoms. The highest BCUT2D eigenvalue weighted by Gasteiger charge is 2.22. The van der Waals surface area contributed by atoms with Crippen molar-refractivity contribution in [3.63, 3.8) is 0 Å². The van der Waals surface area contributed by atoms with E-state index in [1.54, 1.807) is 30.3 Å². The van der Waals surface area contributed by atoms with Gasteiger partial charge in [0.05, 0.1) is 5.69 Å². The summed E-state index contributed by atoms with van der Waals surface area (Å²) in [6.45, 7) is 0.262. The van der Waals surface area contributed by atoms with Crippen molar-refractivity contribution in [2.45, 2.75) is 5.92 Å².